The summed E-state index contributed by atoms with van der Waals surface area (Å²) in [6.45, 7) is 9.26. The number of allylic oxidation sites excluding steroid dienone is 4. The van der Waals surface area contributed by atoms with Crippen molar-refractivity contribution < 1.29 is 24.2 Å². The second kappa shape index (κ2) is 12.3. The molecule has 0 N–H and O–H groups in total. The Kier molecular flexibility index (Phi) is 8.82. The fourth-order valence-corrected chi connectivity index (χ4v) is 5.59. The van der Waals surface area contributed by atoms with Gasteiger partial charge in [-0.1, -0.05) is 118 Å². The van der Waals surface area contributed by atoms with Crippen molar-refractivity contribution in [3.8, 4) is 11.1 Å². The molecule has 3 aliphatic rings. The summed E-state index contributed by atoms with van der Waals surface area (Å²) in [5.74, 6) is 0. The van der Waals surface area contributed by atoms with Crippen LogP contribution in [0.25, 0.3) is 11.1 Å². The van der Waals surface area contributed by atoms with Gasteiger partial charge in [0.1, 0.15) is 0 Å². The van der Waals surface area contributed by atoms with Crippen LogP contribution < -0.4 is 0 Å². The summed E-state index contributed by atoms with van der Waals surface area (Å²) >= 11 is 1.66. The summed E-state index contributed by atoms with van der Waals surface area (Å²) in [6, 6.07) is 36.9. The molecular weight excluding hydrogens is 560 g/mol. The molecule has 1 fully saturated rings. The van der Waals surface area contributed by atoms with Crippen LogP contribution in [0, 0.1) is 12.1 Å². The predicted molar refractivity (Wildman–Crippen MR) is 166 cm³/mol. The van der Waals surface area contributed by atoms with E-state index in [9.17, 15) is 0 Å². The van der Waals surface area contributed by atoms with Crippen molar-refractivity contribution in [3.63, 3.8) is 0 Å². The SMILES string of the molecule is CC(C)(c1ccccc1)c1c[c-]c2c(c1)-c1cc(C(C)(C)c3ccccc3)ccc1C2.[C-]1=CC=CC1.[Zr+2]=[C]1CC1. The second-order valence-corrected chi connectivity index (χ2v) is 13.7. The van der Waals surface area contributed by atoms with Crippen molar-refractivity contribution >= 4 is 3.21 Å². The molecule has 40 heavy (non-hydrogen) atoms. The molecule has 0 amide bonds. The van der Waals surface area contributed by atoms with E-state index in [1.54, 1.807) is 27.4 Å². The fourth-order valence-electron chi connectivity index (χ4n) is 5.28. The first kappa shape index (κ1) is 28.6. The quantitative estimate of drug-likeness (QED) is 0.181. The predicted octanol–water partition coefficient (Wildman–Crippen LogP) is 9.51. The van der Waals surface area contributed by atoms with E-state index in [2.05, 4.69) is 137 Å². The molecule has 1 saturated carbocycles. The molecule has 0 atom stereocenters. The Bertz CT molecular complexity index is 1420. The molecule has 0 spiro atoms. The van der Waals surface area contributed by atoms with Gasteiger partial charge in [-0.2, -0.15) is 29.8 Å². The molecule has 0 nitrogen and oxygen atoms in total. The Hall–Kier alpha value is -2.89. The standard InChI is InChI=1S/C31H29.C5H5.C3H4.Zr/c1-30(2,24-11-7-5-8-12-24)26-17-15-22-19-23-16-18-27(21-29(23)28(22)20-26)31(3,4)25-13-9-6-10-14-25;1-2-4-5-3-1;1-2-3-1;/h5-15,17-18,20-21H,19H2,1-4H3;1-3H,4H2;1-2H2;/q2*-1;;+2. The molecule has 0 bridgehead atoms. The fraction of sp³-hybridized carbons (Fsp3) is 0.256. The van der Waals surface area contributed by atoms with Gasteiger partial charge >= 0.3 is 40.3 Å². The van der Waals surface area contributed by atoms with Crippen molar-refractivity contribution in [1.29, 1.82) is 0 Å². The number of hydrogen-bond acceptors (Lipinski definition) is 0. The van der Waals surface area contributed by atoms with Gasteiger partial charge in [0.2, 0.25) is 0 Å². The molecule has 0 radical (unpaired) electrons. The van der Waals surface area contributed by atoms with Gasteiger partial charge < -0.3 is 0 Å². The zero-order valence-corrected chi connectivity index (χ0v) is 26.7. The minimum atomic E-state index is -0.0591. The normalized spacial score (nSPS) is 14.5. The molecule has 4 aromatic carbocycles. The summed E-state index contributed by atoms with van der Waals surface area (Å²) < 4.78 is 1.76. The topological polar surface area (TPSA) is 0 Å². The zero-order chi connectivity index (χ0) is 28.2. The van der Waals surface area contributed by atoms with Crippen LogP contribution in [0.2, 0.25) is 0 Å². The number of benzene rings is 4. The third kappa shape index (κ3) is 6.53. The van der Waals surface area contributed by atoms with E-state index >= 15 is 0 Å². The van der Waals surface area contributed by atoms with Gasteiger partial charge in [0.25, 0.3) is 0 Å². The van der Waals surface area contributed by atoms with Crippen molar-refractivity contribution in [3.05, 3.63) is 155 Å². The van der Waals surface area contributed by atoms with E-state index in [4.69, 9.17) is 0 Å². The van der Waals surface area contributed by atoms with E-state index in [-0.39, 0.29) is 10.8 Å². The molecule has 0 saturated heterocycles. The molecular formula is C39H38Zr. The molecule has 7 rings (SSSR count). The first-order valence-electron chi connectivity index (χ1n) is 14.3. The Morgan fingerprint density at radius 2 is 1.25 bits per heavy atom. The molecule has 0 heterocycles. The van der Waals surface area contributed by atoms with Crippen LogP contribution in [-0.4, -0.2) is 3.21 Å². The summed E-state index contributed by atoms with van der Waals surface area (Å²) in [7, 11) is 0. The molecule has 3 aliphatic carbocycles. The molecule has 0 aliphatic heterocycles. The van der Waals surface area contributed by atoms with Crippen molar-refractivity contribution in [2.75, 3.05) is 0 Å². The van der Waals surface area contributed by atoms with Crippen LogP contribution in [-0.2, 0) is 41.5 Å². The Morgan fingerprint density at radius 1 is 0.675 bits per heavy atom. The van der Waals surface area contributed by atoms with Crippen LogP contribution in [0.15, 0.2) is 109 Å². The van der Waals surface area contributed by atoms with Crippen LogP contribution >= 0.6 is 0 Å². The van der Waals surface area contributed by atoms with E-state index in [0.717, 1.165) is 12.8 Å². The van der Waals surface area contributed by atoms with E-state index in [1.165, 1.54) is 57.3 Å². The van der Waals surface area contributed by atoms with Crippen molar-refractivity contribution in [2.45, 2.75) is 64.2 Å². The molecule has 0 aromatic heterocycles. The van der Waals surface area contributed by atoms with Crippen LogP contribution in [0.1, 0.15) is 80.3 Å². The van der Waals surface area contributed by atoms with Crippen molar-refractivity contribution in [1.82, 2.24) is 0 Å². The van der Waals surface area contributed by atoms with Gasteiger partial charge in [0, 0.05) is 5.41 Å². The minimum absolute atomic E-state index is 0.0380. The number of rotatable bonds is 4. The summed E-state index contributed by atoms with van der Waals surface area (Å²) in [5.41, 5.74) is 10.7. The molecule has 4 aromatic rings. The number of fused-ring (bicyclic) bond motifs is 3. The Balaban J connectivity index is 0.000000304. The van der Waals surface area contributed by atoms with Crippen LogP contribution in [0.4, 0.5) is 0 Å². The van der Waals surface area contributed by atoms with Gasteiger partial charge in [-0.3, -0.25) is 6.08 Å². The summed E-state index contributed by atoms with van der Waals surface area (Å²) in [6.07, 6.45) is 13.9. The average Bonchev–Trinajstić information content (AvgIpc) is 3.41. The maximum absolute atomic E-state index is 3.63. The van der Waals surface area contributed by atoms with Gasteiger partial charge in [-0.05, 0) is 28.5 Å². The first-order chi connectivity index (χ1) is 19.3. The van der Waals surface area contributed by atoms with Crippen LogP contribution in [0.3, 0.4) is 0 Å². The molecule has 1 heteroatoms. The summed E-state index contributed by atoms with van der Waals surface area (Å²) in [5, 5.41) is 0. The third-order valence-electron chi connectivity index (χ3n) is 8.31. The van der Waals surface area contributed by atoms with E-state index < -0.39 is 0 Å². The second-order valence-electron chi connectivity index (χ2n) is 11.9. The third-order valence-corrected chi connectivity index (χ3v) is 9.54. The maximum atomic E-state index is 3.63. The summed E-state index contributed by atoms with van der Waals surface area (Å²) in [4.78, 5) is 0. The van der Waals surface area contributed by atoms with E-state index in [0.29, 0.717) is 0 Å². The number of hydrogen-bond donors (Lipinski definition) is 0. The zero-order valence-electron chi connectivity index (χ0n) is 24.2. The average molecular weight is 598 g/mol. The van der Waals surface area contributed by atoms with Gasteiger partial charge in [0.15, 0.2) is 0 Å². The van der Waals surface area contributed by atoms with Gasteiger partial charge in [-0.25, -0.2) is 12.2 Å². The van der Waals surface area contributed by atoms with Crippen LogP contribution in [0.5, 0.6) is 0 Å². The monoisotopic (exact) mass is 596 g/mol. The van der Waals surface area contributed by atoms with Crippen molar-refractivity contribution in [2.24, 2.45) is 0 Å². The Morgan fingerprint density at radius 3 is 1.75 bits per heavy atom. The van der Waals surface area contributed by atoms with E-state index in [1.807, 2.05) is 12.2 Å². The van der Waals surface area contributed by atoms with Gasteiger partial charge in [0.05, 0.1) is 0 Å². The molecule has 198 valence electrons. The Labute approximate surface area is 256 Å². The van der Waals surface area contributed by atoms with Gasteiger partial charge in [-0.15, -0.1) is 17.5 Å². The molecule has 0 unspecified atom stereocenters. The first-order valence-corrected chi connectivity index (χ1v) is 15.6.